The Balaban J connectivity index is 2.31. The third kappa shape index (κ3) is 0.894. The lowest BCUT2D eigenvalue weighted by atomic mass is 10.5. The number of hydrogen-bond donors (Lipinski definition) is 0. The molecule has 0 aliphatic carbocycles. The lowest BCUT2D eigenvalue weighted by Crippen LogP contribution is -2.27. The van der Waals surface area contributed by atoms with Crippen LogP contribution in [0, 0.1) is 0 Å². The van der Waals surface area contributed by atoms with Gasteiger partial charge in [0.2, 0.25) is 0 Å². The summed E-state index contributed by atoms with van der Waals surface area (Å²) in [6.45, 7) is 0. The van der Waals surface area contributed by atoms with Crippen molar-refractivity contribution in [3.8, 4) is 0 Å². The first kappa shape index (κ1) is 4.94. The topological polar surface area (TPSA) is 0 Å². The molecule has 0 bridgehead atoms. The molecule has 0 N–H and O–H groups in total. The summed E-state index contributed by atoms with van der Waals surface area (Å²) in [6, 6.07) is 2.02. The van der Waals surface area contributed by atoms with Crippen molar-refractivity contribution in [2.24, 2.45) is 0 Å². The maximum atomic E-state index is 5.58. The zero-order chi connectivity index (χ0) is 4.62. The molecule has 0 spiro atoms. The van der Waals surface area contributed by atoms with Crippen molar-refractivity contribution in [1.82, 2.24) is 0 Å². The van der Waals surface area contributed by atoms with Crippen LogP contribution >= 0.6 is 23.2 Å². The molecule has 1 aliphatic rings. The minimum atomic E-state index is -0.321. The molecule has 1 fully saturated rings. The van der Waals surface area contributed by atoms with Crippen LogP contribution in [0.15, 0.2) is 0 Å². The Morgan fingerprint density at radius 1 is 1.33 bits per heavy atom. The van der Waals surface area contributed by atoms with Gasteiger partial charge in [-0.05, 0) is 12.1 Å². The number of alkyl halides is 2. The van der Waals surface area contributed by atoms with E-state index in [1.165, 1.54) is 0 Å². The molecular weight excluding hydrogens is 135 g/mol. The number of hydrogen-bond acceptors (Lipinski definition) is 0. The van der Waals surface area contributed by atoms with Crippen LogP contribution in [0.3, 0.4) is 0 Å². The second-order valence-corrected chi connectivity index (χ2v) is 4.31. The van der Waals surface area contributed by atoms with E-state index in [9.17, 15) is 0 Å². The van der Waals surface area contributed by atoms with Crippen molar-refractivity contribution in [1.29, 1.82) is 0 Å². The molecule has 3 heteroatoms. The predicted molar refractivity (Wildman–Crippen MR) is 29.8 cm³/mol. The molecule has 34 valence electrons. The van der Waals surface area contributed by atoms with Crippen LogP contribution in [-0.4, -0.2) is 13.9 Å². The van der Waals surface area contributed by atoms with Gasteiger partial charge in [-0.25, -0.2) is 0 Å². The molecule has 0 amide bonds. The third-order valence-electron chi connectivity index (χ3n) is 0.767. The zero-order valence-electron chi connectivity index (χ0n) is 3.17. The summed E-state index contributed by atoms with van der Waals surface area (Å²) in [7, 11) is 1.01. The van der Waals surface area contributed by atoms with Crippen LogP contribution in [0.25, 0.3) is 0 Å². The van der Waals surface area contributed by atoms with Crippen LogP contribution in [0.5, 0.6) is 0 Å². The Morgan fingerprint density at radius 3 is 1.67 bits per heavy atom. The van der Waals surface area contributed by atoms with E-state index >= 15 is 0 Å². The molecule has 1 heterocycles. The molecule has 0 aromatic rings. The fraction of sp³-hybridized carbons (Fsp3) is 1.00. The summed E-state index contributed by atoms with van der Waals surface area (Å²) in [6.07, 6.45) is 0. The first-order chi connectivity index (χ1) is 2.71. The fourth-order valence-corrected chi connectivity index (χ4v) is 2.08. The van der Waals surface area contributed by atoms with Crippen molar-refractivity contribution in [3.05, 3.63) is 0 Å². The summed E-state index contributed by atoms with van der Waals surface area (Å²) >= 11 is 11.2. The van der Waals surface area contributed by atoms with Crippen LogP contribution in [-0.2, 0) is 0 Å². The Hall–Kier alpha value is 0.797. The molecule has 0 atom stereocenters. The van der Waals surface area contributed by atoms with Crippen molar-refractivity contribution < 1.29 is 0 Å². The van der Waals surface area contributed by atoms with Crippen LogP contribution in [0.1, 0.15) is 0 Å². The lowest BCUT2D eigenvalue weighted by molar-refractivity contribution is 0.892. The SMILES string of the molecule is ClC1(Cl)C[Si]C1. The van der Waals surface area contributed by atoms with Gasteiger partial charge in [-0.2, -0.15) is 0 Å². The average molecular weight is 139 g/mol. The first-order valence-corrected chi connectivity index (χ1v) is 3.96. The zero-order valence-corrected chi connectivity index (χ0v) is 5.68. The van der Waals surface area contributed by atoms with Gasteiger partial charge >= 0.3 is 0 Å². The van der Waals surface area contributed by atoms with Crippen molar-refractivity contribution in [3.63, 3.8) is 0 Å². The van der Waals surface area contributed by atoms with Crippen LogP contribution < -0.4 is 0 Å². The molecule has 0 nitrogen and oxygen atoms in total. The summed E-state index contributed by atoms with van der Waals surface area (Å²) in [5, 5.41) is 0. The highest BCUT2D eigenvalue weighted by Gasteiger charge is 2.31. The molecule has 0 aromatic heterocycles. The highest BCUT2D eigenvalue weighted by Crippen LogP contribution is 2.38. The normalized spacial score (nSPS) is 29.0. The van der Waals surface area contributed by atoms with Crippen molar-refractivity contribution in [2.75, 3.05) is 0 Å². The van der Waals surface area contributed by atoms with E-state index in [0.29, 0.717) is 0 Å². The highest BCUT2D eigenvalue weighted by atomic mass is 35.5. The van der Waals surface area contributed by atoms with Crippen molar-refractivity contribution >= 4 is 32.7 Å². The lowest BCUT2D eigenvalue weighted by Gasteiger charge is -2.27. The third-order valence-corrected chi connectivity index (χ3v) is 3.91. The largest absolute Gasteiger partial charge is 0.112 e. The Bertz CT molecular complexity index is 55.8. The molecule has 1 aliphatic heterocycles. The van der Waals surface area contributed by atoms with E-state index in [2.05, 4.69) is 0 Å². The van der Waals surface area contributed by atoms with Crippen molar-refractivity contribution in [2.45, 2.75) is 16.4 Å². The molecule has 0 aromatic carbocycles. The maximum absolute atomic E-state index is 5.58. The van der Waals surface area contributed by atoms with E-state index < -0.39 is 0 Å². The van der Waals surface area contributed by atoms with Crippen LogP contribution in [0.2, 0.25) is 12.1 Å². The minimum absolute atomic E-state index is 0.321. The maximum Gasteiger partial charge on any atom is 0.112 e. The van der Waals surface area contributed by atoms with Gasteiger partial charge in [-0.1, -0.05) is 0 Å². The van der Waals surface area contributed by atoms with Gasteiger partial charge in [0.15, 0.2) is 0 Å². The smallest absolute Gasteiger partial charge is 0.102 e. The van der Waals surface area contributed by atoms with E-state index in [4.69, 9.17) is 23.2 Å². The summed E-state index contributed by atoms with van der Waals surface area (Å²) < 4.78 is -0.321. The standard InChI is InChI=1S/C3H4Cl2Si/c4-3(5)1-6-2-3/h1-2H2. The first-order valence-electron chi connectivity index (χ1n) is 1.79. The Labute approximate surface area is 49.6 Å². The highest BCUT2D eigenvalue weighted by molar-refractivity contribution is 6.62. The monoisotopic (exact) mass is 138 g/mol. The van der Waals surface area contributed by atoms with Gasteiger partial charge < -0.3 is 0 Å². The molecular formula is C3H4Cl2Si. The molecule has 1 rings (SSSR count). The van der Waals surface area contributed by atoms with Gasteiger partial charge in [0, 0.05) is 9.52 Å². The van der Waals surface area contributed by atoms with Gasteiger partial charge in [0.1, 0.15) is 4.33 Å². The molecule has 0 saturated carbocycles. The average Bonchev–Trinajstić information content (AvgIpc) is 1.32. The van der Waals surface area contributed by atoms with E-state index in [0.717, 1.165) is 21.6 Å². The molecule has 6 heavy (non-hydrogen) atoms. The minimum Gasteiger partial charge on any atom is -0.102 e. The molecule has 2 radical (unpaired) electrons. The van der Waals surface area contributed by atoms with E-state index in [1.807, 2.05) is 0 Å². The fourth-order valence-electron chi connectivity index (χ4n) is 0.314. The predicted octanol–water partition coefficient (Wildman–Crippen LogP) is 1.71. The van der Waals surface area contributed by atoms with Gasteiger partial charge in [0.05, 0.1) is 0 Å². The molecule has 1 saturated heterocycles. The van der Waals surface area contributed by atoms with Gasteiger partial charge in [-0.15, -0.1) is 23.2 Å². The Kier molecular flexibility index (Phi) is 1.15. The summed E-state index contributed by atoms with van der Waals surface area (Å²) in [4.78, 5) is 0. The second kappa shape index (κ2) is 1.39. The number of halogens is 2. The van der Waals surface area contributed by atoms with E-state index in [-0.39, 0.29) is 4.33 Å². The molecule has 0 unspecified atom stereocenters. The Morgan fingerprint density at radius 2 is 1.67 bits per heavy atom. The quantitative estimate of drug-likeness (QED) is 0.354. The van der Waals surface area contributed by atoms with Gasteiger partial charge in [-0.3, -0.25) is 0 Å². The second-order valence-electron chi connectivity index (χ2n) is 1.46. The van der Waals surface area contributed by atoms with E-state index in [1.54, 1.807) is 0 Å². The van der Waals surface area contributed by atoms with Crippen LogP contribution in [0.4, 0.5) is 0 Å². The number of rotatable bonds is 0. The summed E-state index contributed by atoms with van der Waals surface area (Å²) in [5.74, 6) is 0. The summed E-state index contributed by atoms with van der Waals surface area (Å²) in [5.41, 5.74) is 0. The van der Waals surface area contributed by atoms with Gasteiger partial charge in [0.25, 0.3) is 0 Å².